The van der Waals surface area contributed by atoms with Crippen molar-refractivity contribution in [1.82, 2.24) is 0 Å². The Kier molecular flexibility index (Phi) is 3.90. The van der Waals surface area contributed by atoms with Gasteiger partial charge in [-0.3, -0.25) is 4.79 Å². The van der Waals surface area contributed by atoms with Gasteiger partial charge in [0.05, 0.1) is 36.9 Å². The van der Waals surface area contributed by atoms with Gasteiger partial charge in [-0.1, -0.05) is 0 Å². The lowest BCUT2D eigenvalue weighted by Crippen LogP contribution is -2.25. The van der Waals surface area contributed by atoms with E-state index >= 15 is 0 Å². The van der Waals surface area contributed by atoms with E-state index in [2.05, 4.69) is 0 Å². The van der Waals surface area contributed by atoms with Gasteiger partial charge in [-0.2, -0.15) is 0 Å². The fourth-order valence-electron chi connectivity index (χ4n) is 3.83. The van der Waals surface area contributed by atoms with Gasteiger partial charge in [0.25, 0.3) is 0 Å². The number of hydrogen-bond donors (Lipinski definition) is 0. The highest BCUT2D eigenvalue weighted by Crippen LogP contribution is 2.40. The van der Waals surface area contributed by atoms with Crippen molar-refractivity contribution in [2.24, 2.45) is 11.8 Å². The second kappa shape index (κ2) is 5.86. The second-order valence-electron chi connectivity index (χ2n) is 6.86. The van der Waals surface area contributed by atoms with Gasteiger partial charge in [0.2, 0.25) is 0 Å². The molecule has 0 aromatic rings. The zero-order valence-corrected chi connectivity index (χ0v) is 12.4. The van der Waals surface area contributed by atoms with Gasteiger partial charge in [0, 0.05) is 6.61 Å². The number of rotatable bonds is 6. The zero-order chi connectivity index (χ0) is 14.2. The molecule has 0 aromatic carbocycles. The molecule has 0 N–H and O–H groups in total. The van der Waals surface area contributed by atoms with Crippen LogP contribution in [0.3, 0.4) is 0 Å². The van der Waals surface area contributed by atoms with Gasteiger partial charge in [0.15, 0.2) is 0 Å². The SMILES string of the molecule is O=C(OCCOCC1CCC2OC2C1)C1CCC2OC2C1. The minimum atomic E-state index is -0.0700. The van der Waals surface area contributed by atoms with Crippen molar-refractivity contribution in [2.45, 2.75) is 62.9 Å². The number of hydrogen-bond acceptors (Lipinski definition) is 5. The van der Waals surface area contributed by atoms with E-state index in [1.165, 1.54) is 12.8 Å². The molecule has 5 heteroatoms. The first kappa shape index (κ1) is 14.0. The highest BCUT2D eigenvalue weighted by atomic mass is 16.6. The Bertz CT molecular complexity index is 398. The van der Waals surface area contributed by atoms with Crippen LogP contribution in [0, 0.1) is 11.8 Å². The van der Waals surface area contributed by atoms with E-state index < -0.39 is 0 Å². The molecule has 0 aromatic heterocycles. The van der Waals surface area contributed by atoms with E-state index in [4.69, 9.17) is 18.9 Å². The first-order valence-corrected chi connectivity index (χ1v) is 8.35. The first-order valence-electron chi connectivity index (χ1n) is 8.35. The van der Waals surface area contributed by atoms with Crippen LogP contribution in [0.4, 0.5) is 0 Å². The molecular formula is C16H24O5. The Balaban J connectivity index is 1.06. The maximum atomic E-state index is 11.9. The van der Waals surface area contributed by atoms with Crippen molar-refractivity contribution in [2.75, 3.05) is 19.8 Å². The number of carbonyl (C=O) groups is 1. The monoisotopic (exact) mass is 296 g/mol. The summed E-state index contributed by atoms with van der Waals surface area (Å²) in [6.07, 6.45) is 8.08. The fraction of sp³-hybridized carbons (Fsp3) is 0.938. The average Bonchev–Trinajstić information content (AvgIpc) is 3.39. The van der Waals surface area contributed by atoms with E-state index in [1.807, 2.05) is 0 Å². The first-order chi connectivity index (χ1) is 10.3. The lowest BCUT2D eigenvalue weighted by Gasteiger charge is -2.19. The molecule has 21 heavy (non-hydrogen) atoms. The molecule has 0 bridgehead atoms. The highest BCUT2D eigenvalue weighted by molar-refractivity contribution is 5.72. The maximum absolute atomic E-state index is 11.9. The lowest BCUT2D eigenvalue weighted by molar-refractivity contribution is -0.151. The normalized spacial score (nSPS) is 43.6. The van der Waals surface area contributed by atoms with Crippen molar-refractivity contribution < 1.29 is 23.7 Å². The number of esters is 1. The van der Waals surface area contributed by atoms with E-state index in [-0.39, 0.29) is 11.9 Å². The van der Waals surface area contributed by atoms with Gasteiger partial charge in [-0.05, 0) is 44.4 Å². The maximum Gasteiger partial charge on any atom is 0.309 e. The molecule has 118 valence electrons. The third-order valence-electron chi connectivity index (χ3n) is 5.28. The molecule has 6 atom stereocenters. The van der Waals surface area contributed by atoms with Crippen LogP contribution in [0.2, 0.25) is 0 Å². The standard InChI is InChI=1S/C16H24O5/c17-16(11-2-4-13-15(8-11)21-13)19-6-5-18-9-10-1-3-12-14(7-10)20-12/h10-15H,1-9H2. The summed E-state index contributed by atoms with van der Waals surface area (Å²) >= 11 is 0. The second-order valence-corrected chi connectivity index (χ2v) is 6.86. The molecular weight excluding hydrogens is 272 g/mol. The van der Waals surface area contributed by atoms with Crippen molar-refractivity contribution in [3.63, 3.8) is 0 Å². The molecule has 4 fully saturated rings. The topological polar surface area (TPSA) is 60.6 Å². The van der Waals surface area contributed by atoms with E-state index in [9.17, 15) is 4.79 Å². The van der Waals surface area contributed by atoms with Crippen LogP contribution < -0.4 is 0 Å². The number of carbonyl (C=O) groups excluding carboxylic acids is 1. The Hall–Kier alpha value is -0.650. The molecule has 2 saturated carbocycles. The quantitative estimate of drug-likeness (QED) is 0.424. The molecule has 2 aliphatic heterocycles. The van der Waals surface area contributed by atoms with E-state index in [0.717, 1.165) is 32.3 Å². The molecule has 0 spiro atoms. The van der Waals surface area contributed by atoms with Crippen LogP contribution in [0.15, 0.2) is 0 Å². The predicted octanol–water partition coefficient (Wildman–Crippen LogP) is 1.68. The minimum absolute atomic E-state index is 0.0380. The van der Waals surface area contributed by atoms with Crippen LogP contribution in [-0.4, -0.2) is 50.2 Å². The Labute approximate surface area is 125 Å². The average molecular weight is 296 g/mol. The summed E-state index contributed by atoms with van der Waals surface area (Å²) < 4.78 is 21.9. The van der Waals surface area contributed by atoms with Gasteiger partial charge in [-0.15, -0.1) is 0 Å². The predicted molar refractivity (Wildman–Crippen MR) is 73.8 cm³/mol. The van der Waals surface area contributed by atoms with Gasteiger partial charge >= 0.3 is 5.97 Å². The number of epoxide rings is 2. The summed E-state index contributed by atoms with van der Waals surface area (Å²) in [5, 5.41) is 0. The molecule has 4 rings (SSSR count). The summed E-state index contributed by atoms with van der Waals surface area (Å²) in [5.74, 6) is 0.585. The minimum Gasteiger partial charge on any atom is -0.463 e. The summed E-state index contributed by atoms with van der Waals surface area (Å²) in [7, 11) is 0. The van der Waals surface area contributed by atoms with Gasteiger partial charge in [0.1, 0.15) is 6.61 Å². The molecule has 6 unspecified atom stereocenters. The van der Waals surface area contributed by atoms with Crippen molar-refractivity contribution >= 4 is 5.97 Å². The summed E-state index contributed by atoms with van der Waals surface area (Å²) in [4.78, 5) is 11.9. The van der Waals surface area contributed by atoms with Crippen molar-refractivity contribution in [1.29, 1.82) is 0 Å². The largest absolute Gasteiger partial charge is 0.463 e. The molecule has 2 heterocycles. The van der Waals surface area contributed by atoms with Crippen LogP contribution in [-0.2, 0) is 23.7 Å². The fourth-order valence-corrected chi connectivity index (χ4v) is 3.83. The molecule has 4 aliphatic rings. The Morgan fingerprint density at radius 3 is 2.43 bits per heavy atom. The van der Waals surface area contributed by atoms with Crippen molar-refractivity contribution in [3.05, 3.63) is 0 Å². The molecule has 2 saturated heterocycles. The van der Waals surface area contributed by atoms with Crippen LogP contribution in [0.5, 0.6) is 0 Å². The third-order valence-corrected chi connectivity index (χ3v) is 5.28. The third kappa shape index (κ3) is 3.41. The van der Waals surface area contributed by atoms with Gasteiger partial charge < -0.3 is 18.9 Å². The zero-order valence-electron chi connectivity index (χ0n) is 12.4. The molecule has 5 nitrogen and oxygen atoms in total. The van der Waals surface area contributed by atoms with Crippen molar-refractivity contribution in [3.8, 4) is 0 Å². The highest BCUT2D eigenvalue weighted by Gasteiger charge is 2.46. The number of ether oxygens (including phenoxy) is 4. The summed E-state index contributed by atoms with van der Waals surface area (Å²) in [6.45, 7) is 1.65. The lowest BCUT2D eigenvalue weighted by atomic mass is 9.89. The van der Waals surface area contributed by atoms with E-state index in [0.29, 0.717) is 43.5 Å². The van der Waals surface area contributed by atoms with E-state index in [1.54, 1.807) is 0 Å². The Morgan fingerprint density at radius 1 is 0.905 bits per heavy atom. The molecule has 2 aliphatic carbocycles. The summed E-state index contributed by atoms with van der Waals surface area (Å²) in [6, 6.07) is 0. The molecule has 0 amide bonds. The smallest absolute Gasteiger partial charge is 0.309 e. The Morgan fingerprint density at radius 2 is 1.67 bits per heavy atom. The van der Waals surface area contributed by atoms with Crippen LogP contribution in [0.1, 0.15) is 38.5 Å². The van der Waals surface area contributed by atoms with Crippen LogP contribution in [0.25, 0.3) is 0 Å². The van der Waals surface area contributed by atoms with Gasteiger partial charge in [-0.25, -0.2) is 0 Å². The molecule has 0 radical (unpaired) electrons. The van der Waals surface area contributed by atoms with Crippen LogP contribution >= 0.6 is 0 Å². The summed E-state index contributed by atoms with van der Waals surface area (Å²) in [5.41, 5.74) is 0. The number of fused-ring (bicyclic) bond motifs is 2.